The molecule has 23 heavy (non-hydrogen) atoms. The van der Waals surface area contributed by atoms with Crippen LogP contribution in [0.2, 0.25) is 0 Å². The van der Waals surface area contributed by atoms with Crippen LogP contribution in [0, 0.1) is 0 Å². The monoisotopic (exact) mass is 344 g/mol. The molecule has 7 nitrogen and oxygen atoms in total. The summed E-state index contributed by atoms with van der Waals surface area (Å²) in [5.41, 5.74) is -0.674. The van der Waals surface area contributed by atoms with E-state index in [-0.39, 0.29) is 43.2 Å². The van der Waals surface area contributed by atoms with Gasteiger partial charge >= 0.3 is 6.03 Å². The molecule has 1 spiro atoms. The molecule has 1 saturated carbocycles. The van der Waals surface area contributed by atoms with Gasteiger partial charge in [0.25, 0.3) is 5.91 Å². The third kappa shape index (κ3) is 3.61. The summed E-state index contributed by atoms with van der Waals surface area (Å²) in [6, 6.07) is -0.336. The number of hydrogen-bond donors (Lipinski definition) is 2. The van der Waals surface area contributed by atoms with Crippen LogP contribution in [0.3, 0.4) is 0 Å². The van der Waals surface area contributed by atoms with Gasteiger partial charge in [-0.2, -0.15) is 0 Å². The van der Waals surface area contributed by atoms with E-state index in [9.17, 15) is 14.4 Å². The molecule has 2 N–H and O–H groups in total. The summed E-state index contributed by atoms with van der Waals surface area (Å²) < 4.78 is 0. The molecule has 2 aliphatic heterocycles. The summed E-state index contributed by atoms with van der Waals surface area (Å²) in [6.07, 6.45) is 4.55. The maximum Gasteiger partial charge on any atom is 0.325 e. The molecule has 0 aromatic rings. The number of urea groups is 1. The van der Waals surface area contributed by atoms with Crippen molar-refractivity contribution in [2.24, 2.45) is 0 Å². The van der Waals surface area contributed by atoms with Crippen LogP contribution < -0.4 is 10.6 Å². The van der Waals surface area contributed by atoms with Gasteiger partial charge in [0.1, 0.15) is 5.54 Å². The molecule has 2 heterocycles. The summed E-state index contributed by atoms with van der Waals surface area (Å²) >= 11 is 0. The maximum atomic E-state index is 12.5. The molecule has 3 fully saturated rings. The zero-order valence-electron chi connectivity index (χ0n) is 13.3. The van der Waals surface area contributed by atoms with Crippen molar-refractivity contribution in [1.82, 2.24) is 20.4 Å². The third-order valence-corrected chi connectivity index (χ3v) is 4.95. The number of hydrogen-bond acceptors (Lipinski definition) is 4. The predicted octanol–water partition coefficient (Wildman–Crippen LogP) is 0.485. The molecule has 4 amide bonds. The lowest BCUT2D eigenvalue weighted by Gasteiger charge is -2.22. The highest BCUT2D eigenvalue weighted by Gasteiger charge is 2.52. The van der Waals surface area contributed by atoms with Crippen molar-refractivity contribution in [3.8, 4) is 0 Å². The van der Waals surface area contributed by atoms with E-state index in [1.54, 1.807) is 0 Å². The van der Waals surface area contributed by atoms with Gasteiger partial charge in [-0.15, -0.1) is 12.4 Å². The Morgan fingerprint density at radius 1 is 1.09 bits per heavy atom. The Morgan fingerprint density at radius 2 is 1.83 bits per heavy atom. The van der Waals surface area contributed by atoms with Crippen LogP contribution in [-0.2, 0) is 9.59 Å². The second-order valence-electron chi connectivity index (χ2n) is 6.41. The number of amides is 4. The zero-order chi connectivity index (χ0) is 15.6. The third-order valence-electron chi connectivity index (χ3n) is 4.95. The Kier molecular flexibility index (Phi) is 5.86. The molecule has 8 heteroatoms. The normalized spacial score (nSPS) is 23.7. The summed E-state index contributed by atoms with van der Waals surface area (Å²) in [4.78, 5) is 39.9. The fourth-order valence-corrected chi connectivity index (χ4v) is 3.66. The molecule has 1 aliphatic carbocycles. The molecule has 0 bridgehead atoms. The van der Waals surface area contributed by atoms with E-state index in [4.69, 9.17) is 0 Å². The Labute approximate surface area is 142 Å². The molecule has 0 aromatic carbocycles. The van der Waals surface area contributed by atoms with Gasteiger partial charge in [-0.25, -0.2) is 4.79 Å². The minimum absolute atomic E-state index is 0. The van der Waals surface area contributed by atoms with Crippen molar-refractivity contribution in [3.63, 3.8) is 0 Å². The van der Waals surface area contributed by atoms with Crippen molar-refractivity contribution < 1.29 is 14.4 Å². The van der Waals surface area contributed by atoms with Crippen LogP contribution in [0.25, 0.3) is 0 Å². The first-order valence-electron chi connectivity index (χ1n) is 8.25. The molecular weight excluding hydrogens is 320 g/mol. The number of carbonyl (C=O) groups is 3. The molecule has 0 atom stereocenters. The predicted molar refractivity (Wildman–Crippen MR) is 87.4 cm³/mol. The van der Waals surface area contributed by atoms with Gasteiger partial charge in [0.2, 0.25) is 5.91 Å². The largest absolute Gasteiger partial charge is 0.341 e. The van der Waals surface area contributed by atoms with Gasteiger partial charge in [-0.1, -0.05) is 12.8 Å². The quantitative estimate of drug-likeness (QED) is 0.730. The summed E-state index contributed by atoms with van der Waals surface area (Å²) in [7, 11) is 0. The molecular formula is C15H25ClN4O3. The van der Waals surface area contributed by atoms with Gasteiger partial charge in [-0.3, -0.25) is 14.5 Å². The van der Waals surface area contributed by atoms with E-state index in [1.165, 1.54) is 4.90 Å². The Hall–Kier alpha value is -1.34. The van der Waals surface area contributed by atoms with Crippen LogP contribution in [0.1, 0.15) is 38.5 Å². The first kappa shape index (κ1) is 18.0. The fourth-order valence-electron chi connectivity index (χ4n) is 3.66. The number of halogens is 1. The Balaban J connectivity index is 0.00000192. The van der Waals surface area contributed by atoms with Crippen molar-refractivity contribution in [2.45, 2.75) is 44.1 Å². The SMILES string of the molecule is Cl.O=C(CCN1C(=O)NC2(CCCC2)C1=O)N1CCCNCC1. The number of carbonyl (C=O) groups excluding carboxylic acids is 3. The lowest BCUT2D eigenvalue weighted by atomic mass is 9.98. The summed E-state index contributed by atoms with van der Waals surface area (Å²) in [5.74, 6) is -0.114. The van der Waals surface area contributed by atoms with Crippen LogP contribution in [0.4, 0.5) is 4.79 Å². The van der Waals surface area contributed by atoms with Gasteiger partial charge in [0.05, 0.1) is 0 Å². The smallest absolute Gasteiger partial charge is 0.325 e. The van der Waals surface area contributed by atoms with Crippen molar-refractivity contribution in [2.75, 3.05) is 32.7 Å². The molecule has 3 rings (SSSR count). The number of imide groups is 1. The van der Waals surface area contributed by atoms with Crippen LogP contribution in [0.15, 0.2) is 0 Å². The van der Waals surface area contributed by atoms with Crippen molar-refractivity contribution >= 4 is 30.3 Å². The standard InChI is InChI=1S/C15H24N4O3.ClH/c20-12(18-9-3-7-16-8-11-18)4-10-19-13(21)15(17-14(19)22)5-1-2-6-15;/h16H,1-11H2,(H,17,22);1H. The molecule has 0 unspecified atom stereocenters. The van der Waals surface area contributed by atoms with Gasteiger partial charge in [0, 0.05) is 32.6 Å². The van der Waals surface area contributed by atoms with E-state index in [0.29, 0.717) is 6.54 Å². The van der Waals surface area contributed by atoms with E-state index >= 15 is 0 Å². The van der Waals surface area contributed by atoms with Crippen LogP contribution in [-0.4, -0.2) is 65.9 Å². The van der Waals surface area contributed by atoms with Crippen LogP contribution >= 0.6 is 12.4 Å². The maximum absolute atomic E-state index is 12.5. The Morgan fingerprint density at radius 3 is 2.57 bits per heavy atom. The molecule has 130 valence electrons. The minimum Gasteiger partial charge on any atom is -0.341 e. The average Bonchev–Trinajstić information content (AvgIpc) is 2.92. The highest BCUT2D eigenvalue weighted by molar-refractivity contribution is 6.07. The highest BCUT2D eigenvalue weighted by atomic mass is 35.5. The first-order valence-corrected chi connectivity index (χ1v) is 8.25. The van der Waals surface area contributed by atoms with Crippen molar-refractivity contribution in [3.05, 3.63) is 0 Å². The molecule has 0 aromatic heterocycles. The fraction of sp³-hybridized carbons (Fsp3) is 0.800. The average molecular weight is 345 g/mol. The van der Waals surface area contributed by atoms with E-state index in [2.05, 4.69) is 10.6 Å². The summed E-state index contributed by atoms with van der Waals surface area (Å²) in [6.45, 7) is 3.37. The molecule has 0 radical (unpaired) electrons. The lowest BCUT2D eigenvalue weighted by Crippen LogP contribution is -2.44. The van der Waals surface area contributed by atoms with E-state index in [1.807, 2.05) is 4.90 Å². The van der Waals surface area contributed by atoms with Crippen LogP contribution in [0.5, 0.6) is 0 Å². The zero-order valence-corrected chi connectivity index (χ0v) is 14.1. The lowest BCUT2D eigenvalue weighted by molar-refractivity contribution is -0.133. The second kappa shape index (κ2) is 7.49. The number of nitrogens with one attached hydrogen (secondary N) is 2. The topological polar surface area (TPSA) is 81.8 Å². The highest BCUT2D eigenvalue weighted by Crippen LogP contribution is 2.35. The molecule has 2 saturated heterocycles. The Bertz CT molecular complexity index is 471. The minimum atomic E-state index is -0.674. The van der Waals surface area contributed by atoms with Gasteiger partial charge in [-0.05, 0) is 25.8 Å². The van der Waals surface area contributed by atoms with Gasteiger partial charge < -0.3 is 15.5 Å². The van der Waals surface area contributed by atoms with Gasteiger partial charge in [0.15, 0.2) is 0 Å². The van der Waals surface area contributed by atoms with E-state index in [0.717, 1.165) is 51.7 Å². The van der Waals surface area contributed by atoms with Crippen molar-refractivity contribution in [1.29, 1.82) is 0 Å². The number of nitrogens with zero attached hydrogens (tertiary/aromatic N) is 2. The summed E-state index contributed by atoms with van der Waals surface area (Å²) in [5, 5.41) is 6.10. The molecule has 3 aliphatic rings. The first-order chi connectivity index (χ1) is 10.6. The van der Waals surface area contributed by atoms with E-state index < -0.39 is 5.54 Å². The number of rotatable bonds is 3. The second-order valence-corrected chi connectivity index (χ2v) is 6.41.